The molecule has 0 fully saturated rings. The number of hydrogen-bond donors (Lipinski definition) is 1. The number of aliphatic hydroxyl groups is 1. The first-order valence-electron chi connectivity index (χ1n) is 5.81. The Labute approximate surface area is 111 Å². The van der Waals surface area contributed by atoms with Crippen molar-refractivity contribution in [3.05, 3.63) is 59.1 Å². The third kappa shape index (κ3) is 5.29. The van der Waals surface area contributed by atoms with Gasteiger partial charge >= 0.3 is 0 Å². The Balaban J connectivity index is 2.75. The molecule has 0 aliphatic heterocycles. The molecule has 0 aromatic heterocycles. The molecule has 0 saturated carbocycles. The van der Waals surface area contributed by atoms with Gasteiger partial charge in [0.05, 0.1) is 12.8 Å². The van der Waals surface area contributed by atoms with Gasteiger partial charge in [0.1, 0.15) is 5.82 Å². The molecule has 3 nitrogen and oxygen atoms in total. The van der Waals surface area contributed by atoms with Crippen LogP contribution in [-0.4, -0.2) is 17.1 Å². The Hall–Kier alpha value is -2.23. The summed E-state index contributed by atoms with van der Waals surface area (Å²) in [6, 6.07) is 6.02. The van der Waals surface area contributed by atoms with Crippen LogP contribution >= 0.6 is 0 Å². The van der Waals surface area contributed by atoms with E-state index >= 15 is 0 Å². The second-order valence-corrected chi connectivity index (χ2v) is 4.13. The first-order valence-corrected chi connectivity index (χ1v) is 5.81. The minimum Gasteiger partial charge on any atom is -0.515 e. The average molecular weight is 261 g/mol. The summed E-state index contributed by atoms with van der Waals surface area (Å²) in [5.41, 5.74) is 1.83. The summed E-state index contributed by atoms with van der Waals surface area (Å²) in [4.78, 5) is 15.5. The number of aliphatic hydroxyl groups excluding tert-OH is 1. The predicted octanol–water partition coefficient (Wildman–Crippen LogP) is 3.37. The van der Waals surface area contributed by atoms with Gasteiger partial charge in [0.2, 0.25) is 0 Å². The van der Waals surface area contributed by atoms with Crippen LogP contribution in [0.2, 0.25) is 0 Å². The smallest absolute Gasteiger partial charge is 0.161 e. The highest BCUT2D eigenvalue weighted by molar-refractivity contribution is 6.12. The van der Waals surface area contributed by atoms with Gasteiger partial charge in [-0.25, -0.2) is 4.39 Å². The van der Waals surface area contributed by atoms with Crippen LogP contribution in [-0.2, 0) is 11.3 Å². The van der Waals surface area contributed by atoms with Crippen molar-refractivity contribution in [3.63, 3.8) is 0 Å². The third-order valence-corrected chi connectivity index (χ3v) is 2.41. The molecule has 0 heterocycles. The van der Waals surface area contributed by atoms with Crippen LogP contribution in [0.4, 0.5) is 4.39 Å². The Morgan fingerprint density at radius 1 is 1.32 bits per heavy atom. The molecule has 0 bridgehead atoms. The van der Waals surface area contributed by atoms with E-state index in [-0.39, 0.29) is 11.6 Å². The van der Waals surface area contributed by atoms with Crippen molar-refractivity contribution in [1.82, 2.24) is 0 Å². The molecular formula is C15H16FNO2. The minimum absolute atomic E-state index is 0.135. The zero-order valence-electron chi connectivity index (χ0n) is 10.9. The van der Waals surface area contributed by atoms with Crippen LogP contribution in [0.25, 0.3) is 0 Å². The topological polar surface area (TPSA) is 49.7 Å². The molecule has 1 rings (SSSR count). The Kier molecular flexibility index (Phi) is 5.67. The molecule has 100 valence electrons. The van der Waals surface area contributed by atoms with Crippen LogP contribution in [0.5, 0.6) is 0 Å². The fraction of sp³-hybridized carbons (Fsp3) is 0.200. The van der Waals surface area contributed by atoms with E-state index in [9.17, 15) is 9.18 Å². The molecule has 19 heavy (non-hydrogen) atoms. The van der Waals surface area contributed by atoms with E-state index in [4.69, 9.17) is 5.11 Å². The van der Waals surface area contributed by atoms with E-state index < -0.39 is 0 Å². The number of aliphatic imine (C=N–C) groups is 1. The zero-order chi connectivity index (χ0) is 14.3. The van der Waals surface area contributed by atoms with Crippen molar-refractivity contribution >= 4 is 12.0 Å². The maximum atomic E-state index is 12.7. The third-order valence-electron chi connectivity index (χ3n) is 2.41. The van der Waals surface area contributed by atoms with E-state index in [1.54, 1.807) is 25.1 Å². The average Bonchev–Trinajstić information content (AvgIpc) is 2.39. The summed E-state index contributed by atoms with van der Waals surface area (Å²) in [5.74, 6) is -0.426. The van der Waals surface area contributed by atoms with Crippen molar-refractivity contribution in [2.75, 3.05) is 0 Å². The van der Waals surface area contributed by atoms with Gasteiger partial charge in [0, 0.05) is 11.8 Å². The van der Waals surface area contributed by atoms with Gasteiger partial charge in [-0.3, -0.25) is 9.79 Å². The molecule has 4 heteroatoms. The highest BCUT2D eigenvalue weighted by Crippen LogP contribution is 2.05. The molecule has 0 saturated heterocycles. The highest BCUT2D eigenvalue weighted by Gasteiger charge is 2.00. The number of carbonyl (C=O) groups is 1. The molecule has 1 N–H and O–H groups in total. The molecule has 0 amide bonds. The fourth-order valence-electron chi connectivity index (χ4n) is 1.35. The Bertz CT molecular complexity index is 528. The van der Waals surface area contributed by atoms with E-state index in [1.165, 1.54) is 25.3 Å². The quantitative estimate of drug-likeness (QED) is 0.382. The van der Waals surface area contributed by atoms with E-state index in [0.29, 0.717) is 17.7 Å². The summed E-state index contributed by atoms with van der Waals surface area (Å²) in [5, 5.41) is 8.80. The summed E-state index contributed by atoms with van der Waals surface area (Å²) < 4.78 is 12.7. The van der Waals surface area contributed by atoms with Crippen LogP contribution in [0.1, 0.15) is 19.4 Å². The van der Waals surface area contributed by atoms with E-state index in [0.717, 1.165) is 11.8 Å². The molecule has 0 spiro atoms. The maximum Gasteiger partial charge on any atom is 0.161 e. The van der Waals surface area contributed by atoms with Crippen LogP contribution in [0.3, 0.4) is 0 Å². The van der Waals surface area contributed by atoms with Gasteiger partial charge in [-0.15, -0.1) is 0 Å². The number of ketones is 1. The number of hydrogen-bond acceptors (Lipinski definition) is 3. The molecule has 1 aromatic rings. The lowest BCUT2D eigenvalue weighted by molar-refractivity contribution is -0.113. The largest absolute Gasteiger partial charge is 0.515 e. The molecule has 0 atom stereocenters. The van der Waals surface area contributed by atoms with Gasteiger partial charge in [-0.2, -0.15) is 0 Å². The summed E-state index contributed by atoms with van der Waals surface area (Å²) in [6.45, 7) is 3.48. The molecular weight excluding hydrogens is 245 g/mol. The van der Waals surface area contributed by atoms with E-state index in [1.807, 2.05) is 0 Å². The van der Waals surface area contributed by atoms with E-state index in [2.05, 4.69) is 4.99 Å². The Morgan fingerprint density at radius 2 is 1.95 bits per heavy atom. The Morgan fingerprint density at radius 3 is 2.47 bits per heavy atom. The lowest BCUT2D eigenvalue weighted by Crippen LogP contribution is -1.99. The number of nitrogens with zero attached hydrogens (tertiary/aromatic N) is 1. The van der Waals surface area contributed by atoms with Crippen LogP contribution in [0, 0.1) is 5.82 Å². The van der Waals surface area contributed by atoms with Gasteiger partial charge in [0.25, 0.3) is 0 Å². The van der Waals surface area contributed by atoms with Gasteiger partial charge in [0.15, 0.2) is 5.78 Å². The second-order valence-electron chi connectivity index (χ2n) is 4.13. The summed E-state index contributed by atoms with van der Waals surface area (Å²) in [6.07, 6.45) is 3.94. The monoisotopic (exact) mass is 261 g/mol. The normalized spacial score (nSPS) is 13.0. The predicted molar refractivity (Wildman–Crippen MR) is 73.7 cm³/mol. The SMILES string of the molecule is CC(=O)C(/C=N\Cc1ccc(F)cc1)=C/C(C)=C/O. The molecule has 0 radical (unpaired) electrons. The van der Waals surface area contributed by atoms with Crippen molar-refractivity contribution in [3.8, 4) is 0 Å². The van der Waals surface area contributed by atoms with Crippen LogP contribution in [0.15, 0.2) is 52.7 Å². The first-order chi connectivity index (χ1) is 9.02. The number of Topliss-reactive ketones (excluding diaryl/α,β-unsaturated/α-hetero) is 1. The van der Waals surface area contributed by atoms with Crippen LogP contribution < -0.4 is 0 Å². The van der Waals surface area contributed by atoms with Crippen molar-refractivity contribution in [1.29, 1.82) is 0 Å². The maximum absolute atomic E-state index is 12.7. The minimum atomic E-state index is -0.291. The van der Waals surface area contributed by atoms with Crippen molar-refractivity contribution in [2.24, 2.45) is 4.99 Å². The highest BCUT2D eigenvalue weighted by atomic mass is 19.1. The van der Waals surface area contributed by atoms with Gasteiger partial charge in [-0.1, -0.05) is 12.1 Å². The number of carbonyl (C=O) groups excluding carboxylic acids is 1. The standard InChI is InChI=1S/C15H16FNO2/c1-11(10-18)7-14(12(2)19)9-17-8-13-3-5-15(16)6-4-13/h3-7,9-10,18H,8H2,1-2H3/b11-10+,14-7+,17-9-. The summed E-state index contributed by atoms with van der Waals surface area (Å²) >= 11 is 0. The fourth-order valence-corrected chi connectivity index (χ4v) is 1.35. The number of allylic oxidation sites excluding steroid dienone is 3. The van der Waals surface area contributed by atoms with Crippen molar-refractivity contribution in [2.45, 2.75) is 20.4 Å². The second kappa shape index (κ2) is 7.26. The molecule has 1 aromatic carbocycles. The first kappa shape index (κ1) is 14.8. The number of halogens is 1. The number of benzene rings is 1. The van der Waals surface area contributed by atoms with Gasteiger partial charge in [-0.05, 0) is 43.2 Å². The lowest BCUT2D eigenvalue weighted by Gasteiger charge is -1.98. The molecule has 0 aliphatic carbocycles. The summed E-state index contributed by atoms with van der Waals surface area (Å²) in [7, 11) is 0. The number of rotatable bonds is 5. The van der Waals surface area contributed by atoms with Crippen molar-refractivity contribution < 1.29 is 14.3 Å². The zero-order valence-corrected chi connectivity index (χ0v) is 10.9. The molecule has 0 unspecified atom stereocenters. The lowest BCUT2D eigenvalue weighted by atomic mass is 10.1. The van der Waals surface area contributed by atoms with Gasteiger partial charge < -0.3 is 5.11 Å². The molecule has 0 aliphatic rings.